The summed E-state index contributed by atoms with van der Waals surface area (Å²) >= 11 is 0. The number of fused-ring (bicyclic) bond motifs is 4. The van der Waals surface area contributed by atoms with Crippen LogP contribution >= 0.6 is 0 Å². The lowest BCUT2D eigenvalue weighted by Crippen LogP contribution is -2.39. The summed E-state index contributed by atoms with van der Waals surface area (Å²) in [5.41, 5.74) is 4.78. The largest absolute Gasteiger partial charge is 0.480 e. The first-order chi connectivity index (χ1) is 15.5. The van der Waals surface area contributed by atoms with Crippen LogP contribution in [-0.2, 0) is 35.4 Å². The van der Waals surface area contributed by atoms with Crippen LogP contribution in [0.25, 0.3) is 21.8 Å². The highest BCUT2D eigenvalue weighted by Gasteiger charge is 2.27. The highest BCUT2D eigenvalue weighted by molar-refractivity contribution is 5.88. The van der Waals surface area contributed by atoms with Gasteiger partial charge in [0.15, 0.2) is 0 Å². The van der Waals surface area contributed by atoms with Gasteiger partial charge in [-0.25, -0.2) is 4.39 Å². The van der Waals surface area contributed by atoms with Gasteiger partial charge in [0.25, 0.3) is 0 Å². The Bertz CT molecular complexity index is 1340. The number of halogens is 1. The molecule has 164 valence electrons. The number of nitrogens with zero attached hydrogens (tertiary/aromatic N) is 1. The van der Waals surface area contributed by atoms with Gasteiger partial charge in [0.1, 0.15) is 12.4 Å². The van der Waals surface area contributed by atoms with Crippen molar-refractivity contribution in [3.63, 3.8) is 0 Å². The number of carbonyl (C=O) groups excluding carboxylic acids is 1. The third-order valence-corrected chi connectivity index (χ3v) is 6.38. The van der Waals surface area contributed by atoms with Crippen molar-refractivity contribution in [1.29, 1.82) is 0 Å². The van der Waals surface area contributed by atoms with Gasteiger partial charge in [-0.05, 0) is 61.1 Å². The molecule has 0 radical (unpaired) electrons. The predicted molar refractivity (Wildman–Crippen MR) is 120 cm³/mol. The third-order valence-electron chi connectivity index (χ3n) is 6.38. The van der Waals surface area contributed by atoms with Crippen LogP contribution in [0.4, 0.5) is 4.39 Å². The molecule has 2 heterocycles. The van der Waals surface area contributed by atoms with Gasteiger partial charge >= 0.3 is 5.97 Å². The normalized spacial score (nSPS) is 15.7. The number of aromatic amines is 1. The third kappa shape index (κ3) is 3.75. The van der Waals surface area contributed by atoms with Gasteiger partial charge in [-0.3, -0.25) is 9.59 Å². The summed E-state index contributed by atoms with van der Waals surface area (Å²) in [6.45, 7) is -0.154. The summed E-state index contributed by atoms with van der Waals surface area (Å²) in [6, 6.07) is 12.4. The Morgan fingerprint density at radius 2 is 2.03 bits per heavy atom. The Balaban J connectivity index is 1.30. The van der Waals surface area contributed by atoms with Crippen molar-refractivity contribution in [2.45, 2.75) is 44.7 Å². The van der Waals surface area contributed by atoms with Gasteiger partial charge in [-0.2, -0.15) is 0 Å². The molecule has 0 saturated heterocycles. The molecule has 6 nitrogen and oxygen atoms in total. The number of aliphatic carboxylic acids is 1. The van der Waals surface area contributed by atoms with E-state index < -0.39 is 5.97 Å². The van der Waals surface area contributed by atoms with E-state index in [0.717, 1.165) is 45.0 Å². The molecule has 0 bridgehead atoms. The molecule has 7 heteroatoms. The van der Waals surface area contributed by atoms with Crippen LogP contribution in [-0.4, -0.2) is 32.6 Å². The number of hydrogen-bond acceptors (Lipinski definition) is 2. The van der Waals surface area contributed by atoms with E-state index in [2.05, 4.69) is 10.3 Å². The van der Waals surface area contributed by atoms with Crippen molar-refractivity contribution < 1.29 is 19.1 Å². The topological polar surface area (TPSA) is 87.1 Å². The van der Waals surface area contributed by atoms with Crippen LogP contribution in [0.3, 0.4) is 0 Å². The highest BCUT2D eigenvalue weighted by Crippen LogP contribution is 2.33. The number of aryl methyl sites for hydroxylation is 1. The number of carboxylic acids is 1. The van der Waals surface area contributed by atoms with E-state index in [1.807, 2.05) is 30.5 Å². The van der Waals surface area contributed by atoms with Gasteiger partial charge < -0.3 is 20.0 Å². The summed E-state index contributed by atoms with van der Waals surface area (Å²) in [5.74, 6) is -1.29. The average molecular weight is 433 g/mol. The molecule has 32 heavy (non-hydrogen) atoms. The maximum Gasteiger partial charge on any atom is 0.323 e. The zero-order chi connectivity index (χ0) is 22.2. The van der Waals surface area contributed by atoms with Crippen molar-refractivity contribution in [2.24, 2.45) is 0 Å². The van der Waals surface area contributed by atoms with Crippen LogP contribution in [0.15, 0.2) is 48.7 Å². The number of benzene rings is 2. The number of carboxylic acid groups (broad SMARTS) is 1. The second-order valence-corrected chi connectivity index (χ2v) is 8.43. The number of para-hydroxylation sites is 1. The molecule has 1 atom stereocenters. The minimum absolute atomic E-state index is 0.0100. The smallest absolute Gasteiger partial charge is 0.323 e. The van der Waals surface area contributed by atoms with E-state index in [9.17, 15) is 19.1 Å². The number of aromatic nitrogens is 2. The summed E-state index contributed by atoms with van der Waals surface area (Å²) in [7, 11) is 0. The summed E-state index contributed by atoms with van der Waals surface area (Å²) < 4.78 is 15.7. The predicted octanol–water partition coefficient (Wildman–Crippen LogP) is 3.95. The Morgan fingerprint density at radius 1 is 1.19 bits per heavy atom. The maximum absolute atomic E-state index is 13.9. The van der Waals surface area contributed by atoms with E-state index in [-0.39, 0.29) is 24.3 Å². The first-order valence-corrected chi connectivity index (χ1v) is 10.8. The molecule has 0 spiro atoms. The number of nitrogens with one attached hydrogen (secondary N) is 2. The Morgan fingerprint density at radius 3 is 2.88 bits per heavy atom. The highest BCUT2D eigenvalue weighted by atomic mass is 19.1. The second-order valence-electron chi connectivity index (χ2n) is 8.43. The maximum atomic E-state index is 13.9. The van der Waals surface area contributed by atoms with Crippen molar-refractivity contribution in [1.82, 2.24) is 14.9 Å². The average Bonchev–Trinajstić information content (AvgIpc) is 3.31. The van der Waals surface area contributed by atoms with Crippen LogP contribution in [0.1, 0.15) is 29.7 Å². The summed E-state index contributed by atoms with van der Waals surface area (Å²) in [5, 5.41) is 14.3. The summed E-state index contributed by atoms with van der Waals surface area (Å²) in [6.07, 6.45) is 4.94. The van der Waals surface area contributed by atoms with Gasteiger partial charge in [-0.1, -0.05) is 18.2 Å². The van der Waals surface area contributed by atoms with Gasteiger partial charge in [0, 0.05) is 46.2 Å². The number of rotatable bonds is 6. The minimum Gasteiger partial charge on any atom is -0.480 e. The van der Waals surface area contributed by atoms with Crippen molar-refractivity contribution in [3.05, 3.63) is 71.3 Å². The monoisotopic (exact) mass is 433 g/mol. The minimum atomic E-state index is -0.929. The molecular weight excluding hydrogens is 409 g/mol. The standard InChI is InChI=1S/C25H24FN3O3/c26-16-6-8-22-19(11-16)20-12-17(7-9-23(20)29(22)14-25(31)32)28-24(30)10-5-15-13-27-21-4-2-1-3-18(15)21/h1-4,6,8,11,13,17,27H,5,7,9-10,12,14H2,(H,28,30)(H,31,32). The SMILES string of the molecule is O=C(O)Cn1c2c(c3cc(F)ccc31)CC(NC(=O)CCc1c[nH]c3ccccc13)CC2. The van der Waals surface area contributed by atoms with Gasteiger partial charge in [-0.15, -0.1) is 0 Å². The second kappa shape index (κ2) is 8.15. The number of hydrogen-bond donors (Lipinski definition) is 3. The molecule has 2 aromatic heterocycles. The quantitative estimate of drug-likeness (QED) is 0.430. The number of amides is 1. The van der Waals surface area contributed by atoms with E-state index in [4.69, 9.17) is 0 Å². The molecular formula is C25H24FN3O3. The molecule has 1 aliphatic carbocycles. The van der Waals surface area contributed by atoms with Crippen LogP contribution in [0.5, 0.6) is 0 Å². The van der Waals surface area contributed by atoms with Crippen LogP contribution in [0.2, 0.25) is 0 Å². The fraction of sp³-hybridized carbons (Fsp3) is 0.280. The van der Waals surface area contributed by atoms with Crippen molar-refractivity contribution in [2.75, 3.05) is 0 Å². The lowest BCUT2D eigenvalue weighted by atomic mass is 9.91. The fourth-order valence-corrected chi connectivity index (χ4v) is 4.95. The summed E-state index contributed by atoms with van der Waals surface area (Å²) in [4.78, 5) is 27.3. The zero-order valence-corrected chi connectivity index (χ0v) is 17.5. The molecule has 1 aliphatic rings. The van der Waals surface area contributed by atoms with E-state index in [1.54, 1.807) is 10.6 Å². The molecule has 1 amide bonds. The molecule has 3 N–H and O–H groups in total. The molecule has 5 rings (SSSR count). The number of H-pyrrole nitrogens is 1. The molecule has 0 fully saturated rings. The fourth-order valence-electron chi connectivity index (χ4n) is 4.95. The lowest BCUT2D eigenvalue weighted by Gasteiger charge is -2.25. The Hall–Kier alpha value is -3.61. The van der Waals surface area contributed by atoms with E-state index in [1.165, 1.54) is 12.1 Å². The molecule has 0 aliphatic heterocycles. The van der Waals surface area contributed by atoms with E-state index in [0.29, 0.717) is 25.7 Å². The van der Waals surface area contributed by atoms with Gasteiger partial charge in [0.2, 0.25) is 5.91 Å². The Kier molecular flexibility index (Phi) is 5.17. The van der Waals surface area contributed by atoms with Crippen LogP contribution < -0.4 is 5.32 Å². The van der Waals surface area contributed by atoms with Crippen LogP contribution in [0, 0.1) is 5.82 Å². The van der Waals surface area contributed by atoms with Gasteiger partial charge in [0.05, 0.1) is 0 Å². The molecule has 0 saturated carbocycles. The zero-order valence-electron chi connectivity index (χ0n) is 17.5. The Labute approximate surface area is 184 Å². The first-order valence-electron chi connectivity index (χ1n) is 10.8. The molecule has 1 unspecified atom stereocenters. The van der Waals surface area contributed by atoms with Crippen molar-refractivity contribution in [3.8, 4) is 0 Å². The van der Waals surface area contributed by atoms with Crippen molar-refractivity contribution >= 4 is 33.7 Å². The first kappa shape index (κ1) is 20.3. The van der Waals surface area contributed by atoms with E-state index >= 15 is 0 Å². The molecule has 4 aromatic rings. The lowest BCUT2D eigenvalue weighted by molar-refractivity contribution is -0.137. The molecule has 2 aromatic carbocycles. The number of carbonyl (C=O) groups is 2.